The summed E-state index contributed by atoms with van der Waals surface area (Å²) in [7, 11) is 1.62. The highest BCUT2D eigenvalue weighted by atomic mass is 16.5. The summed E-state index contributed by atoms with van der Waals surface area (Å²) in [6.07, 6.45) is 4.82. The third-order valence-electron chi connectivity index (χ3n) is 3.78. The quantitative estimate of drug-likeness (QED) is 0.891. The van der Waals surface area contributed by atoms with Gasteiger partial charge in [-0.3, -0.25) is 4.79 Å². The Balaban J connectivity index is 1.97. The first-order valence-electron chi connectivity index (χ1n) is 6.65. The second kappa shape index (κ2) is 5.89. The van der Waals surface area contributed by atoms with Crippen LogP contribution in [0.4, 0.5) is 0 Å². The molecular formula is C15H21NO2. The molecule has 0 saturated heterocycles. The second-order valence-corrected chi connectivity index (χ2v) is 5.07. The van der Waals surface area contributed by atoms with Crippen LogP contribution in [0.5, 0.6) is 5.75 Å². The van der Waals surface area contributed by atoms with Crippen LogP contribution in [0.3, 0.4) is 0 Å². The highest BCUT2D eigenvalue weighted by molar-refractivity contribution is 5.94. The van der Waals surface area contributed by atoms with Gasteiger partial charge in [0.1, 0.15) is 5.75 Å². The number of hydrogen-bond donors (Lipinski definition) is 1. The number of nitrogens with one attached hydrogen (secondary N) is 1. The molecule has 1 aromatic rings. The first-order chi connectivity index (χ1) is 8.70. The molecule has 0 aromatic heterocycles. The van der Waals surface area contributed by atoms with Crippen molar-refractivity contribution in [2.75, 3.05) is 7.11 Å². The largest absolute Gasteiger partial charge is 0.497 e. The van der Waals surface area contributed by atoms with Crippen LogP contribution in [0.2, 0.25) is 0 Å². The van der Waals surface area contributed by atoms with Gasteiger partial charge in [0.05, 0.1) is 7.11 Å². The first kappa shape index (κ1) is 12.9. The molecule has 98 valence electrons. The maximum absolute atomic E-state index is 12.1. The molecule has 0 spiro atoms. The van der Waals surface area contributed by atoms with Crippen LogP contribution in [-0.2, 0) is 0 Å². The Hall–Kier alpha value is -1.51. The van der Waals surface area contributed by atoms with Gasteiger partial charge < -0.3 is 10.1 Å². The normalized spacial score (nSPS) is 23.4. The van der Waals surface area contributed by atoms with E-state index in [4.69, 9.17) is 4.74 Å². The van der Waals surface area contributed by atoms with Crippen LogP contribution in [0.1, 0.15) is 43.0 Å². The summed E-state index contributed by atoms with van der Waals surface area (Å²) in [6.45, 7) is 2.22. The lowest BCUT2D eigenvalue weighted by Crippen LogP contribution is -2.41. The van der Waals surface area contributed by atoms with Crippen molar-refractivity contribution in [2.24, 2.45) is 5.92 Å². The minimum atomic E-state index is 0.0244. The van der Waals surface area contributed by atoms with Crippen molar-refractivity contribution >= 4 is 5.91 Å². The van der Waals surface area contributed by atoms with Crippen molar-refractivity contribution in [3.63, 3.8) is 0 Å². The maximum Gasteiger partial charge on any atom is 0.251 e. The number of hydrogen-bond acceptors (Lipinski definition) is 2. The average Bonchev–Trinajstić information content (AvgIpc) is 2.41. The lowest BCUT2D eigenvalue weighted by atomic mass is 9.86. The fourth-order valence-electron chi connectivity index (χ4n) is 2.52. The van der Waals surface area contributed by atoms with E-state index in [0.717, 1.165) is 12.2 Å². The summed E-state index contributed by atoms with van der Waals surface area (Å²) in [6, 6.07) is 7.58. The van der Waals surface area contributed by atoms with Gasteiger partial charge in [-0.25, -0.2) is 0 Å². The monoisotopic (exact) mass is 247 g/mol. The molecule has 0 aliphatic heterocycles. The molecule has 18 heavy (non-hydrogen) atoms. The summed E-state index contributed by atoms with van der Waals surface area (Å²) in [4.78, 5) is 12.1. The summed E-state index contributed by atoms with van der Waals surface area (Å²) in [5, 5.41) is 3.14. The summed E-state index contributed by atoms with van der Waals surface area (Å²) < 4.78 is 5.08. The molecule has 1 aliphatic carbocycles. The zero-order chi connectivity index (χ0) is 13.0. The van der Waals surface area contributed by atoms with Gasteiger partial charge in [-0.05, 0) is 43.0 Å². The fraction of sp³-hybridized carbons (Fsp3) is 0.533. The molecule has 3 heteroatoms. The summed E-state index contributed by atoms with van der Waals surface area (Å²) >= 11 is 0. The number of carbonyl (C=O) groups is 1. The lowest BCUT2D eigenvalue weighted by Gasteiger charge is -2.29. The molecule has 1 amide bonds. The van der Waals surface area contributed by atoms with Gasteiger partial charge in [0, 0.05) is 11.6 Å². The highest BCUT2D eigenvalue weighted by Gasteiger charge is 2.23. The zero-order valence-electron chi connectivity index (χ0n) is 11.1. The minimum Gasteiger partial charge on any atom is -0.497 e. The Labute approximate surface area is 109 Å². The Morgan fingerprint density at radius 3 is 2.50 bits per heavy atom. The summed E-state index contributed by atoms with van der Waals surface area (Å²) in [5.74, 6) is 1.38. The molecule has 2 rings (SSSR count). The van der Waals surface area contributed by atoms with E-state index in [0.29, 0.717) is 17.5 Å². The van der Waals surface area contributed by atoms with E-state index >= 15 is 0 Å². The van der Waals surface area contributed by atoms with Crippen LogP contribution >= 0.6 is 0 Å². The Morgan fingerprint density at radius 1 is 1.22 bits per heavy atom. The van der Waals surface area contributed by atoms with Crippen LogP contribution in [0.25, 0.3) is 0 Å². The predicted molar refractivity (Wildman–Crippen MR) is 71.9 cm³/mol. The van der Waals surface area contributed by atoms with Crippen molar-refractivity contribution in [2.45, 2.75) is 38.6 Å². The Bertz CT molecular complexity index is 399. The lowest BCUT2D eigenvalue weighted by molar-refractivity contribution is 0.0910. The number of benzene rings is 1. The highest BCUT2D eigenvalue weighted by Crippen LogP contribution is 2.24. The SMILES string of the molecule is COc1ccc(C(=O)N[C@@H]2CCCC[C@@H]2C)cc1. The topological polar surface area (TPSA) is 38.3 Å². The van der Waals surface area contributed by atoms with Gasteiger partial charge in [0.25, 0.3) is 5.91 Å². The van der Waals surface area contributed by atoms with Crippen molar-refractivity contribution < 1.29 is 9.53 Å². The first-order valence-corrected chi connectivity index (χ1v) is 6.65. The molecule has 1 saturated carbocycles. The predicted octanol–water partition coefficient (Wildman–Crippen LogP) is 3.00. The van der Waals surface area contributed by atoms with Crippen LogP contribution in [-0.4, -0.2) is 19.1 Å². The fourth-order valence-corrected chi connectivity index (χ4v) is 2.52. The number of amides is 1. The van der Waals surface area contributed by atoms with E-state index in [9.17, 15) is 4.79 Å². The van der Waals surface area contributed by atoms with E-state index in [1.54, 1.807) is 7.11 Å². The third-order valence-corrected chi connectivity index (χ3v) is 3.78. The number of ether oxygens (including phenoxy) is 1. The van der Waals surface area contributed by atoms with Gasteiger partial charge in [-0.2, -0.15) is 0 Å². The van der Waals surface area contributed by atoms with E-state index < -0.39 is 0 Å². The molecule has 1 aliphatic rings. The molecular weight excluding hydrogens is 226 g/mol. The smallest absolute Gasteiger partial charge is 0.251 e. The molecule has 0 radical (unpaired) electrons. The van der Waals surface area contributed by atoms with Crippen molar-refractivity contribution in [3.05, 3.63) is 29.8 Å². The maximum atomic E-state index is 12.1. The molecule has 0 unspecified atom stereocenters. The number of methoxy groups -OCH3 is 1. The van der Waals surface area contributed by atoms with E-state index in [-0.39, 0.29) is 5.91 Å². The molecule has 2 atom stereocenters. The second-order valence-electron chi connectivity index (χ2n) is 5.07. The molecule has 3 nitrogen and oxygen atoms in total. The van der Waals surface area contributed by atoms with Gasteiger partial charge >= 0.3 is 0 Å². The van der Waals surface area contributed by atoms with E-state index in [1.165, 1.54) is 19.3 Å². The Morgan fingerprint density at radius 2 is 1.89 bits per heavy atom. The molecule has 0 heterocycles. The van der Waals surface area contributed by atoms with Crippen LogP contribution < -0.4 is 10.1 Å². The van der Waals surface area contributed by atoms with Crippen LogP contribution in [0.15, 0.2) is 24.3 Å². The standard InChI is InChI=1S/C15H21NO2/c1-11-5-3-4-6-14(11)16-15(17)12-7-9-13(18-2)10-8-12/h7-11,14H,3-6H2,1-2H3,(H,16,17)/t11-,14+/m0/s1. The molecule has 1 aromatic carbocycles. The van der Waals surface area contributed by atoms with E-state index in [1.807, 2.05) is 24.3 Å². The van der Waals surface area contributed by atoms with Gasteiger partial charge in [0.2, 0.25) is 0 Å². The van der Waals surface area contributed by atoms with Gasteiger partial charge in [0.15, 0.2) is 0 Å². The zero-order valence-corrected chi connectivity index (χ0v) is 11.1. The van der Waals surface area contributed by atoms with Crippen LogP contribution in [0, 0.1) is 5.92 Å². The molecule has 1 fully saturated rings. The van der Waals surface area contributed by atoms with Crippen molar-refractivity contribution in [1.82, 2.24) is 5.32 Å². The molecule has 0 bridgehead atoms. The third kappa shape index (κ3) is 3.03. The minimum absolute atomic E-state index is 0.0244. The van der Waals surface area contributed by atoms with Gasteiger partial charge in [-0.15, -0.1) is 0 Å². The average molecular weight is 247 g/mol. The Kier molecular flexibility index (Phi) is 4.24. The molecule has 1 N–H and O–H groups in total. The summed E-state index contributed by atoms with van der Waals surface area (Å²) in [5.41, 5.74) is 0.702. The van der Waals surface area contributed by atoms with Crippen molar-refractivity contribution in [1.29, 1.82) is 0 Å². The number of carbonyl (C=O) groups excluding carboxylic acids is 1. The van der Waals surface area contributed by atoms with Gasteiger partial charge in [-0.1, -0.05) is 19.8 Å². The van der Waals surface area contributed by atoms with E-state index in [2.05, 4.69) is 12.2 Å². The number of rotatable bonds is 3. The van der Waals surface area contributed by atoms with Crippen molar-refractivity contribution in [3.8, 4) is 5.75 Å².